The number of furan rings is 1. The van der Waals surface area contributed by atoms with Crippen LogP contribution in [0.3, 0.4) is 0 Å². The maximum atomic E-state index is 10.8. The first-order valence-corrected chi connectivity index (χ1v) is 4.31. The van der Waals surface area contributed by atoms with Crippen LogP contribution in [-0.2, 0) is 6.54 Å². The smallest absolute Gasteiger partial charge is 0.360 e. The lowest BCUT2D eigenvalue weighted by Crippen LogP contribution is -2.09. The summed E-state index contributed by atoms with van der Waals surface area (Å²) < 4.78 is 10.2. The van der Waals surface area contributed by atoms with E-state index in [0.717, 1.165) is 11.3 Å². The van der Waals surface area contributed by atoms with Crippen LogP contribution in [-0.4, -0.2) is 16.2 Å². The number of hydrogen-bond acceptors (Lipinski definition) is 5. The first kappa shape index (κ1) is 8.10. The van der Waals surface area contributed by atoms with Gasteiger partial charge in [0.05, 0.1) is 18.4 Å². The van der Waals surface area contributed by atoms with Crippen LogP contribution in [0.25, 0.3) is 11.3 Å². The number of carboxylic acids is 1. The van der Waals surface area contributed by atoms with Crippen LogP contribution in [0.2, 0.25) is 0 Å². The molecule has 6 nitrogen and oxygen atoms in total. The molecule has 1 aliphatic heterocycles. The van der Waals surface area contributed by atoms with Crippen LogP contribution in [0, 0.1) is 0 Å². The van der Waals surface area contributed by atoms with Crippen LogP contribution in [0.4, 0.5) is 5.69 Å². The van der Waals surface area contributed by atoms with Crippen LogP contribution >= 0.6 is 0 Å². The summed E-state index contributed by atoms with van der Waals surface area (Å²) in [7, 11) is 0. The number of nitrogens with zero attached hydrogens (tertiary/aromatic N) is 1. The number of aromatic nitrogens is 1. The molecule has 0 unspecified atom stereocenters. The second kappa shape index (κ2) is 2.63. The molecule has 6 heteroatoms. The van der Waals surface area contributed by atoms with E-state index in [4.69, 9.17) is 14.0 Å². The van der Waals surface area contributed by atoms with Gasteiger partial charge in [-0.25, -0.2) is 4.79 Å². The fourth-order valence-corrected chi connectivity index (χ4v) is 1.63. The fourth-order valence-electron chi connectivity index (χ4n) is 1.63. The molecule has 0 saturated heterocycles. The Morgan fingerprint density at radius 1 is 1.60 bits per heavy atom. The van der Waals surface area contributed by atoms with Crippen LogP contribution in [0.1, 0.15) is 16.2 Å². The highest BCUT2D eigenvalue weighted by Crippen LogP contribution is 2.38. The summed E-state index contributed by atoms with van der Waals surface area (Å²) in [5.41, 5.74) is 1.07. The van der Waals surface area contributed by atoms with Crippen molar-refractivity contribution in [1.29, 1.82) is 0 Å². The van der Waals surface area contributed by atoms with Crippen molar-refractivity contribution in [1.82, 2.24) is 5.16 Å². The summed E-state index contributed by atoms with van der Waals surface area (Å²) in [5.74, 6) is 0.0254. The van der Waals surface area contributed by atoms with Gasteiger partial charge in [0.1, 0.15) is 11.4 Å². The average Bonchev–Trinajstić information content (AvgIpc) is 2.82. The van der Waals surface area contributed by atoms with Crippen molar-refractivity contribution in [2.24, 2.45) is 0 Å². The average molecular weight is 206 g/mol. The lowest BCUT2D eigenvalue weighted by atomic mass is 10.1. The first-order valence-electron chi connectivity index (χ1n) is 4.31. The second-order valence-corrected chi connectivity index (χ2v) is 3.15. The molecule has 0 atom stereocenters. The number of nitrogens with one attached hydrogen (secondary N) is 1. The van der Waals surface area contributed by atoms with E-state index >= 15 is 0 Å². The molecule has 0 spiro atoms. The Balaban J connectivity index is 2.23. The molecule has 3 heterocycles. The SMILES string of the molecule is O=C(O)c1noc2c1NCc1occc1-2. The molecule has 0 fully saturated rings. The molecule has 3 rings (SSSR count). The Morgan fingerprint density at radius 2 is 2.47 bits per heavy atom. The zero-order chi connectivity index (χ0) is 10.4. The normalized spacial score (nSPS) is 12.8. The van der Waals surface area contributed by atoms with E-state index in [-0.39, 0.29) is 5.69 Å². The van der Waals surface area contributed by atoms with Crippen LogP contribution in [0.15, 0.2) is 21.3 Å². The minimum Gasteiger partial charge on any atom is -0.476 e. The second-order valence-electron chi connectivity index (χ2n) is 3.15. The molecule has 1 aliphatic rings. The van der Waals surface area contributed by atoms with E-state index in [1.54, 1.807) is 6.07 Å². The van der Waals surface area contributed by atoms with Crippen molar-refractivity contribution in [2.75, 3.05) is 5.32 Å². The van der Waals surface area contributed by atoms with Crippen LogP contribution < -0.4 is 5.32 Å². The number of rotatable bonds is 1. The summed E-state index contributed by atoms with van der Waals surface area (Å²) in [6.07, 6.45) is 1.53. The van der Waals surface area contributed by atoms with Crippen molar-refractivity contribution < 1.29 is 18.8 Å². The van der Waals surface area contributed by atoms with Gasteiger partial charge in [-0.15, -0.1) is 0 Å². The molecule has 2 aromatic rings. The quantitative estimate of drug-likeness (QED) is 0.735. The Hall–Kier alpha value is -2.24. The molecular weight excluding hydrogens is 200 g/mol. The molecule has 0 aliphatic carbocycles. The van der Waals surface area contributed by atoms with Gasteiger partial charge in [0, 0.05) is 0 Å². The Morgan fingerprint density at radius 3 is 3.27 bits per heavy atom. The number of carboxylic acid groups (broad SMARTS) is 1. The largest absolute Gasteiger partial charge is 0.476 e. The molecule has 76 valence electrons. The number of hydrogen-bond donors (Lipinski definition) is 2. The third-order valence-corrected chi connectivity index (χ3v) is 2.31. The topological polar surface area (TPSA) is 88.5 Å². The van der Waals surface area contributed by atoms with Gasteiger partial charge in [0.25, 0.3) is 0 Å². The lowest BCUT2D eigenvalue weighted by Gasteiger charge is -2.10. The standard InChI is InChI=1S/C9H6N2O4/c12-9(13)7-6-8(15-11-7)4-1-2-14-5(4)3-10-6/h1-2,10H,3H2,(H,12,13). The number of carbonyl (C=O) groups is 1. The lowest BCUT2D eigenvalue weighted by molar-refractivity contribution is 0.0686. The predicted octanol–water partition coefficient (Wildman–Crippen LogP) is 1.56. The maximum absolute atomic E-state index is 10.8. The third kappa shape index (κ3) is 0.983. The molecule has 2 N–H and O–H groups in total. The molecule has 0 amide bonds. The molecule has 0 radical (unpaired) electrons. The van der Waals surface area contributed by atoms with Gasteiger partial charge < -0.3 is 19.4 Å². The summed E-state index contributed by atoms with van der Waals surface area (Å²) in [5, 5.41) is 15.2. The summed E-state index contributed by atoms with van der Waals surface area (Å²) in [4.78, 5) is 10.8. The zero-order valence-corrected chi connectivity index (χ0v) is 7.48. The molecular formula is C9H6N2O4. The molecule has 15 heavy (non-hydrogen) atoms. The van der Waals surface area contributed by atoms with E-state index in [2.05, 4.69) is 10.5 Å². The van der Waals surface area contributed by atoms with Gasteiger partial charge in [-0.1, -0.05) is 5.16 Å². The molecule has 2 aromatic heterocycles. The van der Waals surface area contributed by atoms with Crippen molar-refractivity contribution in [3.8, 4) is 11.3 Å². The third-order valence-electron chi connectivity index (χ3n) is 2.31. The number of aromatic carboxylic acids is 1. The summed E-state index contributed by atoms with van der Waals surface area (Å²) in [6, 6.07) is 1.73. The van der Waals surface area contributed by atoms with Crippen molar-refractivity contribution >= 4 is 11.7 Å². The predicted molar refractivity (Wildman–Crippen MR) is 48.5 cm³/mol. The van der Waals surface area contributed by atoms with Crippen LogP contribution in [0.5, 0.6) is 0 Å². The van der Waals surface area contributed by atoms with E-state index in [1.165, 1.54) is 6.26 Å². The highest BCUT2D eigenvalue weighted by Gasteiger charge is 2.28. The zero-order valence-electron chi connectivity index (χ0n) is 7.48. The minimum absolute atomic E-state index is 0.100. The Bertz CT molecular complexity index is 540. The van der Waals surface area contributed by atoms with E-state index in [1.807, 2.05) is 0 Å². The number of fused-ring (bicyclic) bond motifs is 3. The highest BCUT2D eigenvalue weighted by atomic mass is 16.5. The monoisotopic (exact) mass is 206 g/mol. The first-order chi connectivity index (χ1) is 7.27. The molecule has 0 aromatic carbocycles. The van der Waals surface area contributed by atoms with E-state index in [9.17, 15) is 4.79 Å². The summed E-state index contributed by atoms with van der Waals surface area (Å²) in [6.45, 7) is 0.441. The minimum atomic E-state index is -1.11. The van der Waals surface area contributed by atoms with Gasteiger partial charge >= 0.3 is 5.97 Å². The van der Waals surface area contributed by atoms with Gasteiger partial charge in [-0.2, -0.15) is 0 Å². The number of anilines is 1. The molecule has 0 bridgehead atoms. The summed E-state index contributed by atoms with van der Waals surface area (Å²) >= 11 is 0. The maximum Gasteiger partial charge on any atom is 0.360 e. The van der Waals surface area contributed by atoms with E-state index in [0.29, 0.717) is 18.0 Å². The van der Waals surface area contributed by atoms with Crippen molar-refractivity contribution in [3.05, 3.63) is 23.8 Å². The Kier molecular flexibility index (Phi) is 1.42. The fraction of sp³-hybridized carbons (Fsp3) is 0.111. The van der Waals surface area contributed by atoms with Crippen molar-refractivity contribution in [3.63, 3.8) is 0 Å². The van der Waals surface area contributed by atoms with Gasteiger partial charge in [0.2, 0.25) is 5.69 Å². The molecule has 0 saturated carbocycles. The van der Waals surface area contributed by atoms with E-state index < -0.39 is 5.97 Å². The van der Waals surface area contributed by atoms with Gasteiger partial charge in [-0.05, 0) is 6.07 Å². The highest BCUT2D eigenvalue weighted by molar-refractivity contribution is 5.96. The van der Waals surface area contributed by atoms with Gasteiger partial charge in [0.15, 0.2) is 5.76 Å². The van der Waals surface area contributed by atoms with Gasteiger partial charge in [-0.3, -0.25) is 0 Å². The Labute approximate surface area is 83.5 Å². The van der Waals surface area contributed by atoms with Crippen molar-refractivity contribution in [2.45, 2.75) is 6.54 Å².